The Hall–Kier alpha value is -0.830. The van der Waals surface area contributed by atoms with E-state index in [9.17, 15) is 9.90 Å². The van der Waals surface area contributed by atoms with E-state index in [1.807, 2.05) is 13.0 Å². The van der Waals surface area contributed by atoms with Gasteiger partial charge in [0.15, 0.2) is 0 Å². The number of carbonyl (C=O) groups excluding carboxylic acids is 1. The average Bonchev–Trinajstić information content (AvgIpc) is 2.68. The minimum absolute atomic E-state index is 0.0612. The number of carbonyl (C=O) groups is 1. The first-order valence-electron chi connectivity index (χ1n) is 12.3. The lowest BCUT2D eigenvalue weighted by Gasteiger charge is -2.17. The molecule has 1 amide bonds. The van der Waals surface area contributed by atoms with Gasteiger partial charge in [-0.3, -0.25) is 4.79 Å². The van der Waals surface area contributed by atoms with E-state index in [1.165, 1.54) is 83.5 Å². The van der Waals surface area contributed by atoms with Crippen LogP contribution in [0.15, 0.2) is 12.2 Å². The minimum atomic E-state index is -0.591. The van der Waals surface area contributed by atoms with Crippen molar-refractivity contribution in [3.05, 3.63) is 12.2 Å². The zero-order valence-electron chi connectivity index (χ0n) is 19.2. The fourth-order valence-electron chi connectivity index (χ4n) is 3.45. The topological polar surface area (TPSA) is 49.3 Å². The van der Waals surface area contributed by atoms with Gasteiger partial charge in [0.05, 0.1) is 12.1 Å². The van der Waals surface area contributed by atoms with Gasteiger partial charge < -0.3 is 10.4 Å². The maximum atomic E-state index is 11.9. The molecule has 0 radical (unpaired) electrons. The maximum Gasteiger partial charge on any atom is 0.220 e. The molecule has 0 fully saturated rings. The van der Waals surface area contributed by atoms with Crippen molar-refractivity contribution in [2.45, 2.75) is 142 Å². The van der Waals surface area contributed by atoms with Crippen LogP contribution >= 0.6 is 0 Å². The Morgan fingerprint density at radius 3 is 1.79 bits per heavy atom. The third-order valence-corrected chi connectivity index (χ3v) is 5.47. The number of allylic oxidation sites excluding steroid dienone is 1. The molecule has 0 rings (SSSR count). The highest BCUT2D eigenvalue weighted by Gasteiger charge is 2.13. The fourth-order valence-corrected chi connectivity index (χ4v) is 3.45. The number of rotatable bonds is 20. The predicted octanol–water partition coefficient (Wildman–Crippen LogP) is 7.08. The van der Waals surface area contributed by atoms with Gasteiger partial charge in [-0.2, -0.15) is 0 Å². The first kappa shape index (κ1) is 27.2. The van der Waals surface area contributed by atoms with E-state index < -0.39 is 6.10 Å². The van der Waals surface area contributed by atoms with Crippen molar-refractivity contribution in [1.29, 1.82) is 0 Å². The zero-order chi connectivity index (χ0) is 20.9. The van der Waals surface area contributed by atoms with Crippen LogP contribution in [0.25, 0.3) is 0 Å². The Balaban J connectivity index is 3.57. The fraction of sp³-hybridized carbons (Fsp3) is 0.880. The van der Waals surface area contributed by atoms with Gasteiger partial charge in [0.1, 0.15) is 0 Å². The van der Waals surface area contributed by atoms with Gasteiger partial charge in [0.25, 0.3) is 0 Å². The summed E-state index contributed by atoms with van der Waals surface area (Å²) >= 11 is 0. The van der Waals surface area contributed by atoms with Gasteiger partial charge in [-0.05, 0) is 26.2 Å². The van der Waals surface area contributed by atoms with Crippen molar-refractivity contribution in [3.8, 4) is 0 Å². The molecule has 0 aromatic rings. The van der Waals surface area contributed by atoms with Crippen LogP contribution in [0.2, 0.25) is 0 Å². The van der Waals surface area contributed by atoms with Crippen LogP contribution in [0.5, 0.6) is 0 Å². The number of hydrogen-bond donors (Lipinski definition) is 2. The summed E-state index contributed by atoms with van der Waals surface area (Å²) in [5, 5.41) is 13.1. The van der Waals surface area contributed by atoms with Crippen molar-refractivity contribution >= 4 is 5.91 Å². The first-order valence-corrected chi connectivity index (χ1v) is 12.3. The predicted molar refractivity (Wildman–Crippen MR) is 123 cm³/mol. The summed E-state index contributed by atoms with van der Waals surface area (Å²) in [7, 11) is 0. The maximum absolute atomic E-state index is 11.9. The molecule has 166 valence electrons. The number of nitrogens with one attached hydrogen (secondary N) is 1. The molecule has 2 N–H and O–H groups in total. The molecular weight excluding hydrogens is 346 g/mol. The Labute approximate surface area is 175 Å². The lowest BCUT2D eigenvalue weighted by molar-refractivity contribution is -0.122. The molecule has 0 aliphatic heterocycles. The second-order valence-electron chi connectivity index (χ2n) is 8.41. The number of unbranched alkanes of at least 4 members (excludes halogenated alkanes) is 14. The van der Waals surface area contributed by atoms with Crippen molar-refractivity contribution in [2.75, 3.05) is 0 Å². The van der Waals surface area contributed by atoms with Crippen molar-refractivity contribution in [1.82, 2.24) is 5.32 Å². The van der Waals surface area contributed by atoms with Gasteiger partial charge in [0.2, 0.25) is 5.91 Å². The van der Waals surface area contributed by atoms with Crippen LogP contribution in [0.1, 0.15) is 130 Å². The lowest BCUT2D eigenvalue weighted by atomic mass is 10.1. The highest BCUT2D eigenvalue weighted by atomic mass is 16.3. The van der Waals surface area contributed by atoms with Crippen LogP contribution in [-0.2, 0) is 4.79 Å². The van der Waals surface area contributed by atoms with Crippen LogP contribution in [0.4, 0.5) is 0 Å². The number of hydrogen-bond acceptors (Lipinski definition) is 2. The third kappa shape index (κ3) is 18.5. The van der Waals surface area contributed by atoms with Crippen LogP contribution in [0.3, 0.4) is 0 Å². The van der Waals surface area contributed by atoms with Crippen molar-refractivity contribution in [3.63, 3.8) is 0 Å². The summed E-state index contributed by atoms with van der Waals surface area (Å²) in [6.45, 7) is 6.34. The Morgan fingerprint density at radius 2 is 1.25 bits per heavy atom. The second-order valence-corrected chi connectivity index (χ2v) is 8.41. The lowest BCUT2D eigenvalue weighted by Crippen LogP contribution is -2.40. The third-order valence-electron chi connectivity index (χ3n) is 5.47. The first-order chi connectivity index (χ1) is 13.6. The molecule has 0 bridgehead atoms. The second kappa shape index (κ2) is 20.9. The normalized spacial score (nSPS) is 13.7. The van der Waals surface area contributed by atoms with Crippen LogP contribution in [0, 0.1) is 0 Å². The molecule has 2 atom stereocenters. The van der Waals surface area contributed by atoms with Crippen LogP contribution < -0.4 is 5.32 Å². The van der Waals surface area contributed by atoms with E-state index in [-0.39, 0.29) is 11.9 Å². The smallest absolute Gasteiger partial charge is 0.220 e. The van der Waals surface area contributed by atoms with Gasteiger partial charge >= 0.3 is 0 Å². The summed E-state index contributed by atoms with van der Waals surface area (Å²) in [5.74, 6) is 0.0612. The van der Waals surface area contributed by atoms with Gasteiger partial charge in [-0.25, -0.2) is 0 Å². The van der Waals surface area contributed by atoms with Gasteiger partial charge in [0, 0.05) is 6.42 Å². The van der Waals surface area contributed by atoms with E-state index in [1.54, 1.807) is 0 Å². The van der Waals surface area contributed by atoms with Gasteiger partial charge in [-0.15, -0.1) is 0 Å². The van der Waals surface area contributed by atoms with E-state index >= 15 is 0 Å². The molecule has 0 aliphatic carbocycles. The van der Waals surface area contributed by atoms with Crippen molar-refractivity contribution < 1.29 is 9.90 Å². The molecule has 28 heavy (non-hydrogen) atoms. The monoisotopic (exact) mass is 395 g/mol. The number of aliphatic hydroxyl groups is 1. The van der Waals surface area contributed by atoms with E-state index in [0.29, 0.717) is 6.42 Å². The van der Waals surface area contributed by atoms with Crippen LogP contribution in [-0.4, -0.2) is 23.2 Å². The average molecular weight is 396 g/mol. The standard InChI is InChI=1S/C25H49NO2/c1-4-6-8-10-11-12-13-14-15-16-18-19-21-24(27)23(3)26-25(28)22-20-17-9-7-5-2/h19,21,23-24,27H,4-18,20,22H2,1-3H3,(H,26,28)/b21-19+/t23-,24-/m0/s1. The highest BCUT2D eigenvalue weighted by Crippen LogP contribution is 2.11. The number of amides is 1. The van der Waals surface area contributed by atoms with E-state index in [0.717, 1.165) is 19.3 Å². The highest BCUT2D eigenvalue weighted by molar-refractivity contribution is 5.76. The number of aliphatic hydroxyl groups excluding tert-OH is 1. The summed E-state index contributed by atoms with van der Waals surface area (Å²) in [6.07, 6.45) is 24.1. The zero-order valence-corrected chi connectivity index (χ0v) is 19.2. The van der Waals surface area contributed by atoms with Gasteiger partial charge in [-0.1, -0.05) is 109 Å². The Morgan fingerprint density at radius 1 is 0.786 bits per heavy atom. The van der Waals surface area contributed by atoms with E-state index in [4.69, 9.17) is 0 Å². The quantitative estimate of drug-likeness (QED) is 0.171. The summed E-state index contributed by atoms with van der Waals surface area (Å²) in [5.41, 5.74) is 0. The molecule has 0 saturated carbocycles. The molecule has 0 saturated heterocycles. The molecule has 0 spiro atoms. The molecule has 0 unspecified atom stereocenters. The Kier molecular flexibility index (Phi) is 20.3. The molecular formula is C25H49NO2. The van der Waals surface area contributed by atoms with E-state index in [2.05, 4.69) is 25.2 Å². The summed E-state index contributed by atoms with van der Waals surface area (Å²) < 4.78 is 0. The SMILES string of the molecule is CCCCCCCCCCCC/C=C/[C@H](O)[C@H](C)NC(=O)CCCCCCC. The molecule has 0 heterocycles. The summed E-state index contributed by atoms with van der Waals surface area (Å²) in [6, 6.07) is -0.216. The molecule has 0 aromatic carbocycles. The van der Waals surface area contributed by atoms with Crippen molar-refractivity contribution in [2.24, 2.45) is 0 Å². The summed E-state index contributed by atoms with van der Waals surface area (Å²) in [4.78, 5) is 11.9. The molecule has 0 aliphatic rings. The Bertz CT molecular complexity index is 368. The molecule has 3 nitrogen and oxygen atoms in total. The minimum Gasteiger partial charge on any atom is -0.387 e. The molecule has 3 heteroatoms. The molecule has 0 aromatic heterocycles. The largest absolute Gasteiger partial charge is 0.387 e.